The van der Waals surface area contributed by atoms with E-state index in [0.717, 1.165) is 29.8 Å². The highest BCUT2D eigenvalue weighted by molar-refractivity contribution is 5.92. The van der Waals surface area contributed by atoms with Gasteiger partial charge >= 0.3 is 0 Å². The van der Waals surface area contributed by atoms with E-state index in [9.17, 15) is 5.26 Å². The van der Waals surface area contributed by atoms with E-state index in [0.29, 0.717) is 16.9 Å². The number of nitriles is 1. The predicted molar refractivity (Wildman–Crippen MR) is 115 cm³/mol. The van der Waals surface area contributed by atoms with Crippen molar-refractivity contribution in [3.8, 4) is 6.07 Å². The van der Waals surface area contributed by atoms with Crippen LogP contribution in [0.3, 0.4) is 0 Å². The third-order valence-electron chi connectivity index (χ3n) is 7.45. The van der Waals surface area contributed by atoms with Crippen LogP contribution in [0.1, 0.15) is 37.7 Å². The molecule has 3 saturated heterocycles. The van der Waals surface area contributed by atoms with Gasteiger partial charge in [0.2, 0.25) is 0 Å². The zero-order valence-electron chi connectivity index (χ0n) is 17.1. The average Bonchev–Trinajstić information content (AvgIpc) is 3.23. The summed E-state index contributed by atoms with van der Waals surface area (Å²) in [6.07, 6.45) is 10.1. The highest BCUT2D eigenvalue weighted by Crippen LogP contribution is 2.40. The van der Waals surface area contributed by atoms with E-state index in [-0.39, 0.29) is 0 Å². The molecule has 3 fully saturated rings. The molecule has 1 unspecified atom stereocenters. The Balaban J connectivity index is 1.23. The number of fused-ring (bicyclic) bond motifs is 1. The first-order valence-corrected chi connectivity index (χ1v) is 11.1. The Morgan fingerprint density at radius 3 is 2.55 bits per heavy atom. The minimum absolute atomic E-state index is 0.604. The van der Waals surface area contributed by atoms with Crippen molar-refractivity contribution in [3.63, 3.8) is 0 Å². The predicted octanol–water partition coefficient (Wildman–Crippen LogP) is 2.79. The van der Waals surface area contributed by atoms with Gasteiger partial charge in [0.15, 0.2) is 0 Å². The molecule has 0 saturated carbocycles. The molecule has 2 aromatic rings. The standard InChI is InChI=1S/C23H30N6/c24-15-19-1-2-20(22-21(19)26-10-11-27-22)29-12-3-18(17-29)16-28-13-6-23(7-14-28)4-8-25-9-5-23/h1-2,10-11,18,25H,3-9,12-14,16-17H2. The number of anilines is 1. The minimum Gasteiger partial charge on any atom is -0.369 e. The minimum atomic E-state index is 0.604. The Hall–Kier alpha value is -2.23. The summed E-state index contributed by atoms with van der Waals surface area (Å²) in [6.45, 7) is 8.29. The van der Waals surface area contributed by atoms with Gasteiger partial charge in [0, 0.05) is 32.0 Å². The molecule has 1 aromatic heterocycles. The van der Waals surface area contributed by atoms with Crippen LogP contribution < -0.4 is 10.2 Å². The molecule has 0 aliphatic carbocycles. The van der Waals surface area contributed by atoms with Crippen LogP contribution in [0.15, 0.2) is 24.5 Å². The van der Waals surface area contributed by atoms with Gasteiger partial charge in [-0.25, -0.2) is 0 Å². The molecule has 1 atom stereocenters. The molecule has 6 heteroatoms. The zero-order valence-corrected chi connectivity index (χ0v) is 17.1. The Kier molecular flexibility index (Phi) is 5.11. The molecule has 1 aromatic carbocycles. The van der Waals surface area contributed by atoms with Crippen LogP contribution in [0.4, 0.5) is 5.69 Å². The van der Waals surface area contributed by atoms with Crippen LogP contribution in [-0.4, -0.2) is 60.7 Å². The second-order valence-electron chi connectivity index (χ2n) is 9.15. The molecule has 0 bridgehead atoms. The van der Waals surface area contributed by atoms with Crippen LogP contribution in [0.25, 0.3) is 11.0 Å². The lowest BCUT2D eigenvalue weighted by atomic mass is 9.71. The van der Waals surface area contributed by atoms with Gasteiger partial charge in [0.05, 0.1) is 11.3 Å². The highest BCUT2D eigenvalue weighted by Gasteiger charge is 2.36. The number of nitrogens with one attached hydrogen (secondary N) is 1. The molecule has 1 N–H and O–H groups in total. The maximum absolute atomic E-state index is 9.37. The summed E-state index contributed by atoms with van der Waals surface area (Å²) >= 11 is 0. The molecule has 3 aliphatic rings. The van der Waals surface area contributed by atoms with Crippen LogP contribution in [-0.2, 0) is 0 Å². The fourth-order valence-corrected chi connectivity index (χ4v) is 5.62. The first kappa shape index (κ1) is 18.8. The summed E-state index contributed by atoms with van der Waals surface area (Å²) in [5.74, 6) is 0.708. The first-order chi connectivity index (χ1) is 14.3. The topological polar surface area (TPSA) is 68.1 Å². The van der Waals surface area contributed by atoms with Crippen molar-refractivity contribution in [2.45, 2.75) is 32.1 Å². The van der Waals surface area contributed by atoms with Crippen molar-refractivity contribution >= 4 is 16.7 Å². The van der Waals surface area contributed by atoms with Gasteiger partial charge in [0.25, 0.3) is 0 Å². The van der Waals surface area contributed by atoms with Crippen molar-refractivity contribution < 1.29 is 0 Å². The van der Waals surface area contributed by atoms with E-state index in [1.807, 2.05) is 6.07 Å². The first-order valence-electron chi connectivity index (χ1n) is 11.1. The lowest BCUT2D eigenvalue weighted by Crippen LogP contribution is -2.46. The number of rotatable bonds is 3. The number of piperidine rings is 2. The second kappa shape index (κ2) is 7.89. The van der Waals surface area contributed by atoms with E-state index < -0.39 is 0 Å². The van der Waals surface area contributed by atoms with E-state index in [2.05, 4.69) is 37.2 Å². The van der Waals surface area contributed by atoms with Crippen LogP contribution in [0.2, 0.25) is 0 Å². The summed E-state index contributed by atoms with van der Waals surface area (Å²) in [5.41, 5.74) is 3.94. The number of aromatic nitrogens is 2. The van der Waals surface area contributed by atoms with Crippen molar-refractivity contribution in [1.82, 2.24) is 20.2 Å². The maximum atomic E-state index is 9.37. The van der Waals surface area contributed by atoms with Crippen molar-refractivity contribution in [2.75, 3.05) is 50.7 Å². The summed E-state index contributed by atoms with van der Waals surface area (Å²) in [4.78, 5) is 14.1. The monoisotopic (exact) mass is 390 g/mol. The van der Waals surface area contributed by atoms with Gasteiger partial charge < -0.3 is 15.1 Å². The molecular formula is C23H30N6. The van der Waals surface area contributed by atoms with Gasteiger partial charge in [-0.3, -0.25) is 9.97 Å². The smallest absolute Gasteiger partial charge is 0.113 e. The van der Waals surface area contributed by atoms with Crippen LogP contribution >= 0.6 is 0 Å². The lowest BCUT2D eigenvalue weighted by Gasteiger charge is -2.45. The SMILES string of the molecule is N#Cc1ccc(N2CCC(CN3CCC4(CCNCC4)CC3)C2)c2nccnc12. The summed E-state index contributed by atoms with van der Waals surface area (Å²) in [6, 6.07) is 6.19. The highest BCUT2D eigenvalue weighted by atomic mass is 15.2. The molecule has 1 spiro atoms. The van der Waals surface area contributed by atoms with Crippen molar-refractivity contribution in [1.29, 1.82) is 5.26 Å². The van der Waals surface area contributed by atoms with Crippen LogP contribution in [0, 0.1) is 22.7 Å². The largest absolute Gasteiger partial charge is 0.369 e. The van der Waals surface area contributed by atoms with Gasteiger partial charge in [-0.15, -0.1) is 0 Å². The molecule has 0 amide bonds. The van der Waals surface area contributed by atoms with E-state index in [1.54, 1.807) is 12.4 Å². The zero-order chi connectivity index (χ0) is 19.7. The van der Waals surface area contributed by atoms with Gasteiger partial charge in [-0.2, -0.15) is 5.26 Å². The van der Waals surface area contributed by atoms with Gasteiger partial charge in [-0.05, 0) is 81.7 Å². The maximum Gasteiger partial charge on any atom is 0.113 e. The molecule has 29 heavy (non-hydrogen) atoms. The Labute approximate surface area is 172 Å². The van der Waals surface area contributed by atoms with E-state index >= 15 is 0 Å². The molecular weight excluding hydrogens is 360 g/mol. The van der Waals surface area contributed by atoms with Crippen molar-refractivity contribution in [2.24, 2.45) is 11.3 Å². The molecule has 0 radical (unpaired) electrons. The summed E-state index contributed by atoms with van der Waals surface area (Å²) < 4.78 is 0. The number of hydrogen-bond donors (Lipinski definition) is 1. The number of benzene rings is 1. The molecule has 3 aliphatic heterocycles. The lowest BCUT2D eigenvalue weighted by molar-refractivity contribution is 0.0669. The van der Waals surface area contributed by atoms with E-state index in [4.69, 9.17) is 0 Å². The summed E-state index contributed by atoms with van der Waals surface area (Å²) in [7, 11) is 0. The number of nitrogens with zero attached hydrogens (tertiary/aromatic N) is 5. The third kappa shape index (κ3) is 3.70. The second-order valence-corrected chi connectivity index (χ2v) is 9.15. The van der Waals surface area contributed by atoms with Gasteiger partial charge in [-0.1, -0.05) is 0 Å². The Morgan fingerprint density at radius 1 is 1.03 bits per heavy atom. The fraction of sp³-hybridized carbons (Fsp3) is 0.609. The normalized spacial score (nSPS) is 24.8. The Morgan fingerprint density at radius 2 is 1.79 bits per heavy atom. The quantitative estimate of drug-likeness (QED) is 0.869. The van der Waals surface area contributed by atoms with Crippen molar-refractivity contribution in [3.05, 3.63) is 30.1 Å². The van der Waals surface area contributed by atoms with Gasteiger partial charge in [0.1, 0.15) is 17.1 Å². The Bertz CT molecular complexity index is 903. The third-order valence-corrected chi connectivity index (χ3v) is 7.45. The number of hydrogen-bond acceptors (Lipinski definition) is 6. The molecule has 152 valence electrons. The van der Waals surface area contributed by atoms with Crippen LogP contribution in [0.5, 0.6) is 0 Å². The average molecular weight is 391 g/mol. The molecule has 5 rings (SSSR count). The molecule has 4 heterocycles. The number of likely N-dealkylation sites (tertiary alicyclic amines) is 1. The summed E-state index contributed by atoms with van der Waals surface area (Å²) in [5, 5.41) is 12.9. The van der Waals surface area contributed by atoms with E-state index in [1.165, 1.54) is 64.8 Å². The fourth-order valence-electron chi connectivity index (χ4n) is 5.62. The molecule has 6 nitrogen and oxygen atoms in total.